The molecule has 0 spiro atoms. The van der Waals surface area contributed by atoms with E-state index in [1.807, 2.05) is 13.0 Å². The fourth-order valence-corrected chi connectivity index (χ4v) is 3.06. The fraction of sp³-hybridized carbons (Fsp3) is 0.267. The van der Waals surface area contributed by atoms with E-state index in [1.165, 1.54) is 15.6 Å². The molecule has 0 amide bonds. The van der Waals surface area contributed by atoms with Gasteiger partial charge in [0.25, 0.3) is 0 Å². The van der Waals surface area contributed by atoms with Gasteiger partial charge in [-0.15, -0.1) is 11.3 Å². The van der Waals surface area contributed by atoms with E-state index >= 15 is 0 Å². The minimum Gasteiger partial charge on any atom is -0.298 e. The maximum atomic E-state index is 10.7. The van der Waals surface area contributed by atoms with E-state index in [2.05, 4.69) is 37.4 Å². The average molecular weight is 244 g/mol. The largest absolute Gasteiger partial charge is 0.298 e. The Bertz CT molecular complexity index is 576. The Balaban J connectivity index is 2.65. The van der Waals surface area contributed by atoms with Crippen molar-refractivity contribution in [3.63, 3.8) is 0 Å². The van der Waals surface area contributed by atoms with Crippen LogP contribution in [0, 0.1) is 0 Å². The van der Waals surface area contributed by atoms with E-state index in [1.54, 1.807) is 11.3 Å². The van der Waals surface area contributed by atoms with E-state index < -0.39 is 0 Å². The highest BCUT2D eigenvalue weighted by Crippen LogP contribution is 2.33. The zero-order valence-electron chi connectivity index (χ0n) is 10.4. The van der Waals surface area contributed by atoms with Crippen LogP contribution in [0.2, 0.25) is 0 Å². The van der Waals surface area contributed by atoms with Crippen LogP contribution in [0.15, 0.2) is 29.2 Å². The Morgan fingerprint density at radius 1 is 1.29 bits per heavy atom. The van der Waals surface area contributed by atoms with Crippen LogP contribution in [0.1, 0.15) is 37.8 Å². The van der Waals surface area contributed by atoms with Crippen LogP contribution < -0.4 is 0 Å². The molecule has 0 unspecified atom stereocenters. The van der Waals surface area contributed by atoms with Gasteiger partial charge in [-0.1, -0.05) is 26.0 Å². The summed E-state index contributed by atoms with van der Waals surface area (Å²) in [4.78, 5) is 10.7. The topological polar surface area (TPSA) is 17.1 Å². The number of hydrogen-bond donors (Lipinski definition) is 0. The van der Waals surface area contributed by atoms with Crippen LogP contribution in [0.5, 0.6) is 0 Å². The Morgan fingerprint density at radius 2 is 2.06 bits per heavy atom. The maximum absolute atomic E-state index is 10.7. The van der Waals surface area contributed by atoms with E-state index in [4.69, 9.17) is 0 Å². The summed E-state index contributed by atoms with van der Waals surface area (Å²) >= 11 is 1.77. The zero-order valence-corrected chi connectivity index (χ0v) is 11.2. The Kier molecular flexibility index (Phi) is 3.43. The van der Waals surface area contributed by atoms with Gasteiger partial charge in [0.05, 0.1) is 0 Å². The van der Waals surface area contributed by atoms with Gasteiger partial charge in [-0.3, -0.25) is 4.79 Å². The molecule has 17 heavy (non-hydrogen) atoms. The van der Waals surface area contributed by atoms with E-state index in [9.17, 15) is 4.79 Å². The minimum absolute atomic E-state index is 0.529. The van der Waals surface area contributed by atoms with Crippen molar-refractivity contribution in [3.8, 4) is 0 Å². The molecule has 2 aromatic rings. The number of allylic oxidation sites excluding steroid dienone is 1. The predicted octanol–water partition coefficient (Wildman–Crippen LogP) is 4.63. The van der Waals surface area contributed by atoms with Crippen molar-refractivity contribution in [1.29, 1.82) is 0 Å². The van der Waals surface area contributed by atoms with Gasteiger partial charge in [-0.25, -0.2) is 0 Å². The van der Waals surface area contributed by atoms with Gasteiger partial charge in [0, 0.05) is 4.70 Å². The first-order valence-corrected chi connectivity index (χ1v) is 6.65. The molecule has 1 aromatic carbocycles. The Hall–Kier alpha value is -1.41. The number of carbonyl (C=O) groups is 1. The third kappa shape index (κ3) is 2.32. The molecule has 0 aliphatic heterocycles. The first-order valence-electron chi connectivity index (χ1n) is 5.77. The number of aldehydes is 1. The number of hydrogen-bond acceptors (Lipinski definition) is 2. The zero-order chi connectivity index (χ0) is 12.4. The summed E-state index contributed by atoms with van der Waals surface area (Å²) in [6.07, 6.45) is 2.85. The van der Waals surface area contributed by atoms with Crippen molar-refractivity contribution in [3.05, 3.63) is 40.3 Å². The van der Waals surface area contributed by atoms with E-state index in [-0.39, 0.29) is 0 Å². The number of thiophene rings is 1. The van der Waals surface area contributed by atoms with Crippen molar-refractivity contribution < 1.29 is 4.79 Å². The predicted molar refractivity (Wildman–Crippen MR) is 75.6 cm³/mol. The third-order valence-corrected chi connectivity index (χ3v) is 3.84. The van der Waals surface area contributed by atoms with Gasteiger partial charge in [-0.2, -0.15) is 0 Å². The first kappa shape index (κ1) is 12.1. The summed E-state index contributed by atoms with van der Waals surface area (Å²) in [5.74, 6) is 0.529. The van der Waals surface area contributed by atoms with Gasteiger partial charge in [0.2, 0.25) is 0 Å². The molecule has 0 saturated heterocycles. The van der Waals surface area contributed by atoms with Crippen LogP contribution in [-0.4, -0.2) is 6.29 Å². The SMILES string of the molecule is CC(C=O)=Cc1ccc(C(C)C)c2sccc12. The van der Waals surface area contributed by atoms with Crippen molar-refractivity contribution in [2.75, 3.05) is 0 Å². The summed E-state index contributed by atoms with van der Waals surface area (Å²) in [7, 11) is 0. The second-order valence-electron chi connectivity index (χ2n) is 4.57. The summed E-state index contributed by atoms with van der Waals surface area (Å²) in [6, 6.07) is 6.42. The second-order valence-corrected chi connectivity index (χ2v) is 5.48. The van der Waals surface area contributed by atoms with Crippen LogP contribution in [0.3, 0.4) is 0 Å². The molecule has 0 saturated carbocycles. The lowest BCUT2D eigenvalue weighted by molar-refractivity contribution is -0.104. The lowest BCUT2D eigenvalue weighted by Gasteiger charge is -2.08. The first-order chi connectivity index (χ1) is 8.13. The van der Waals surface area contributed by atoms with Gasteiger partial charge < -0.3 is 0 Å². The van der Waals surface area contributed by atoms with Crippen molar-refractivity contribution >= 4 is 33.8 Å². The summed E-state index contributed by atoms with van der Waals surface area (Å²) in [5, 5.41) is 3.37. The normalized spacial score (nSPS) is 12.4. The summed E-state index contributed by atoms with van der Waals surface area (Å²) < 4.78 is 1.34. The molecule has 2 rings (SSSR count). The Morgan fingerprint density at radius 3 is 2.71 bits per heavy atom. The molecular formula is C15H16OS. The molecule has 0 N–H and O–H groups in total. The van der Waals surface area contributed by atoms with Gasteiger partial charge in [0.1, 0.15) is 6.29 Å². The highest BCUT2D eigenvalue weighted by atomic mass is 32.1. The second kappa shape index (κ2) is 4.84. The number of benzene rings is 1. The molecule has 0 aliphatic rings. The maximum Gasteiger partial charge on any atom is 0.145 e. The van der Waals surface area contributed by atoms with Crippen molar-refractivity contribution in [2.24, 2.45) is 0 Å². The monoisotopic (exact) mass is 244 g/mol. The lowest BCUT2D eigenvalue weighted by atomic mass is 9.98. The van der Waals surface area contributed by atoms with Crippen molar-refractivity contribution in [2.45, 2.75) is 26.7 Å². The van der Waals surface area contributed by atoms with Gasteiger partial charge in [0.15, 0.2) is 0 Å². The number of rotatable bonds is 3. The smallest absolute Gasteiger partial charge is 0.145 e. The molecule has 1 aromatic heterocycles. The molecule has 0 radical (unpaired) electrons. The van der Waals surface area contributed by atoms with Crippen LogP contribution >= 0.6 is 11.3 Å². The van der Waals surface area contributed by atoms with Crippen molar-refractivity contribution in [1.82, 2.24) is 0 Å². The molecule has 1 nitrogen and oxygen atoms in total. The molecule has 2 heteroatoms. The number of fused-ring (bicyclic) bond motifs is 1. The quantitative estimate of drug-likeness (QED) is 0.568. The van der Waals surface area contributed by atoms with Crippen LogP contribution in [0.4, 0.5) is 0 Å². The summed E-state index contributed by atoms with van der Waals surface area (Å²) in [5.41, 5.74) is 3.28. The van der Waals surface area contributed by atoms with Gasteiger partial charge >= 0.3 is 0 Å². The lowest BCUT2D eigenvalue weighted by Crippen LogP contribution is -1.88. The molecular weight excluding hydrogens is 228 g/mol. The molecule has 0 aliphatic carbocycles. The van der Waals surface area contributed by atoms with Crippen LogP contribution in [-0.2, 0) is 4.79 Å². The fourth-order valence-electron chi connectivity index (χ4n) is 1.96. The molecule has 0 bridgehead atoms. The Labute approximate surface area is 106 Å². The molecule has 0 fully saturated rings. The van der Waals surface area contributed by atoms with Gasteiger partial charge in [-0.05, 0) is 52.5 Å². The third-order valence-electron chi connectivity index (χ3n) is 2.87. The van der Waals surface area contributed by atoms with Crippen LogP contribution in [0.25, 0.3) is 16.2 Å². The molecule has 1 heterocycles. The molecule has 88 valence electrons. The standard InChI is InChI=1S/C15H16OS/c1-10(2)13-5-4-12(8-11(3)9-16)14-6-7-17-15(13)14/h4-10H,1-3H3. The van der Waals surface area contributed by atoms with E-state index in [0.29, 0.717) is 5.92 Å². The highest BCUT2D eigenvalue weighted by molar-refractivity contribution is 7.17. The average Bonchev–Trinajstić information content (AvgIpc) is 2.77. The molecule has 0 atom stereocenters. The minimum atomic E-state index is 0.529. The van der Waals surface area contributed by atoms with E-state index in [0.717, 1.165) is 17.4 Å². The highest BCUT2D eigenvalue weighted by Gasteiger charge is 2.08. The number of carbonyl (C=O) groups excluding carboxylic acids is 1. The summed E-state index contributed by atoms with van der Waals surface area (Å²) in [6.45, 7) is 6.25.